The predicted molar refractivity (Wildman–Crippen MR) is 117 cm³/mol. The lowest BCUT2D eigenvalue weighted by atomic mass is 10.1. The van der Waals surface area contributed by atoms with Gasteiger partial charge in [0, 0.05) is 19.2 Å². The summed E-state index contributed by atoms with van der Waals surface area (Å²) in [4.78, 5) is 30.1. The van der Waals surface area contributed by atoms with Gasteiger partial charge in [-0.05, 0) is 50.5 Å². The van der Waals surface area contributed by atoms with E-state index in [-0.39, 0.29) is 30.5 Å². The highest BCUT2D eigenvalue weighted by atomic mass is 16.5. The Morgan fingerprint density at radius 1 is 1.23 bits per heavy atom. The number of para-hydroxylation sites is 1. The summed E-state index contributed by atoms with van der Waals surface area (Å²) in [5, 5.41) is 0. The van der Waals surface area contributed by atoms with Gasteiger partial charge in [0.1, 0.15) is 18.1 Å². The minimum absolute atomic E-state index is 0.0146. The molecule has 0 bridgehead atoms. The van der Waals surface area contributed by atoms with Crippen molar-refractivity contribution >= 4 is 11.8 Å². The van der Waals surface area contributed by atoms with Gasteiger partial charge in [-0.15, -0.1) is 0 Å². The molecule has 0 aliphatic carbocycles. The molecule has 1 aliphatic rings. The van der Waals surface area contributed by atoms with Gasteiger partial charge in [-0.1, -0.05) is 19.1 Å². The topological polar surface area (TPSA) is 72.2 Å². The van der Waals surface area contributed by atoms with Crippen LogP contribution in [-0.2, 0) is 16.1 Å². The maximum Gasteiger partial charge on any atom is 0.258 e. The molecule has 168 valence electrons. The van der Waals surface area contributed by atoms with E-state index in [1.54, 1.807) is 40.3 Å². The third-order valence-electron chi connectivity index (χ3n) is 5.75. The molecule has 3 rings (SSSR count). The van der Waals surface area contributed by atoms with E-state index in [0.29, 0.717) is 30.2 Å². The summed E-state index contributed by atoms with van der Waals surface area (Å²) in [6.45, 7) is 5.50. The largest absolute Gasteiger partial charge is 0.496 e. The van der Waals surface area contributed by atoms with E-state index in [9.17, 15) is 9.59 Å². The van der Waals surface area contributed by atoms with Crippen LogP contribution in [-0.4, -0.2) is 60.6 Å². The number of rotatable bonds is 10. The predicted octanol–water partition coefficient (Wildman–Crippen LogP) is 3.74. The van der Waals surface area contributed by atoms with Crippen molar-refractivity contribution in [1.82, 2.24) is 9.80 Å². The quantitative estimate of drug-likeness (QED) is 0.577. The number of amides is 2. The lowest BCUT2D eigenvalue weighted by Crippen LogP contribution is -2.48. The monoisotopic (exact) mass is 428 g/mol. The molecule has 2 unspecified atom stereocenters. The third kappa shape index (κ3) is 5.88. The molecule has 31 heavy (non-hydrogen) atoms. The molecule has 2 atom stereocenters. The first-order chi connectivity index (χ1) is 15.0. The van der Waals surface area contributed by atoms with E-state index in [1.807, 2.05) is 26.0 Å². The SMILES string of the molecule is CCC(C)N(CC(=O)N(Cc1ccco1)CC1CCCO1)C(=O)c1ccccc1OC. The van der Waals surface area contributed by atoms with Gasteiger partial charge in [0.15, 0.2) is 0 Å². The second-order valence-electron chi connectivity index (χ2n) is 7.88. The molecule has 1 aromatic heterocycles. The highest BCUT2D eigenvalue weighted by molar-refractivity contribution is 5.99. The Bertz CT molecular complexity index is 845. The van der Waals surface area contributed by atoms with Crippen molar-refractivity contribution in [2.45, 2.75) is 51.8 Å². The number of hydrogen-bond acceptors (Lipinski definition) is 5. The van der Waals surface area contributed by atoms with Crippen molar-refractivity contribution < 1.29 is 23.5 Å². The third-order valence-corrected chi connectivity index (χ3v) is 5.75. The lowest BCUT2D eigenvalue weighted by Gasteiger charge is -2.32. The lowest BCUT2D eigenvalue weighted by molar-refractivity contribution is -0.134. The summed E-state index contributed by atoms with van der Waals surface area (Å²) in [5.74, 6) is 0.864. The van der Waals surface area contributed by atoms with Crippen molar-refractivity contribution in [2.75, 3.05) is 26.8 Å². The summed E-state index contributed by atoms with van der Waals surface area (Å²) in [7, 11) is 1.54. The van der Waals surface area contributed by atoms with Gasteiger partial charge in [0.05, 0.1) is 31.6 Å². The van der Waals surface area contributed by atoms with Gasteiger partial charge in [-0.25, -0.2) is 0 Å². The number of nitrogens with zero attached hydrogens (tertiary/aromatic N) is 2. The van der Waals surface area contributed by atoms with E-state index >= 15 is 0 Å². The van der Waals surface area contributed by atoms with E-state index in [2.05, 4.69) is 0 Å². The van der Waals surface area contributed by atoms with Crippen molar-refractivity contribution in [3.8, 4) is 5.75 Å². The first-order valence-corrected chi connectivity index (χ1v) is 10.9. The second-order valence-corrected chi connectivity index (χ2v) is 7.88. The normalized spacial score (nSPS) is 16.7. The Hall–Kier alpha value is -2.80. The first kappa shape index (κ1) is 22.9. The minimum Gasteiger partial charge on any atom is -0.496 e. The molecular weight excluding hydrogens is 396 g/mol. The van der Waals surface area contributed by atoms with E-state index in [1.165, 1.54) is 7.11 Å². The van der Waals surface area contributed by atoms with Crippen LogP contribution in [0.4, 0.5) is 0 Å². The van der Waals surface area contributed by atoms with Crippen LogP contribution in [0.1, 0.15) is 49.2 Å². The number of benzene rings is 1. The zero-order chi connectivity index (χ0) is 22.2. The number of furan rings is 1. The number of hydrogen-bond donors (Lipinski definition) is 0. The molecule has 0 radical (unpaired) electrons. The van der Waals surface area contributed by atoms with Crippen LogP contribution in [0.25, 0.3) is 0 Å². The van der Waals surface area contributed by atoms with Crippen molar-refractivity contribution in [1.29, 1.82) is 0 Å². The van der Waals surface area contributed by atoms with E-state index < -0.39 is 0 Å². The van der Waals surface area contributed by atoms with E-state index in [4.69, 9.17) is 13.9 Å². The van der Waals surface area contributed by atoms with Crippen LogP contribution < -0.4 is 4.74 Å². The Morgan fingerprint density at radius 2 is 2.03 bits per heavy atom. The zero-order valence-electron chi connectivity index (χ0n) is 18.6. The number of ether oxygens (including phenoxy) is 2. The van der Waals surface area contributed by atoms with Crippen LogP contribution in [0.2, 0.25) is 0 Å². The molecule has 2 aromatic rings. The van der Waals surface area contributed by atoms with Crippen LogP contribution in [0.15, 0.2) is 47.1 Å². The number of methoxy groups -OCH3 is 1. The molecule has 0 saturated carbocycles. The fraction of sp³-hybridized carbons (Fsp3) is 0.500. The van der Waals surface area contributed by atoms with Gasteiger partial charge >= 0.3 is 0 Å². The van der Waals surface area contributed by atoms with E-state index in [0.717, 1.165) is 25.9 Å². The molecular formula is C24H32N2O5. The fourth-order valence-electron chi connectivity index (χ4n) is 3.75. The van der Waals surface area contributed by atoms with Gasteiger partial charge in [-0.2, -0.15) is 0 Å². The second kappa shape index (κ2) is 11.0. The number of carbonyl (C=O) groups excluding carboxylic acids is 2. The standard InChI is InChI=1S/C24H32N2O5/c1-4-18(2)26(24(28)21-11-5-6-12-22(21)29-3)17-23(27)25(15-19-9-7-13-30-19)16-20-10-8-14-31-20/h5-7,9,11-13,18,20H,4,8,10,14-17H2,1-3H3. The van der Waals surface area contributed by atoms with Crippen molar-refractivity contribution in [3.05, 3.63) is 54.0 Å². The Balaban J connectivity index is 1.79. The Kier molecular flexibility index (Phi) is 8.12. The molecule has 1 fully saturated rings. The van der Waals surface area contributed by atoms with Crippen molar-refractivity contribution in [3.63, 3.8) is 0 Å². The molecule has 7 nitrogen and oxygen atoms in total. The summed E-state index contributed by atoms with van der Waals surface area (Å²) in [5.41, 5.74) is 0.454. The smallest absolute Gasteiger partial charge is 0.258 e. The molecule has 7 heteroatoms. The fourth-order valence-corrected chi connectivity index (χ4v) is 3.75. The van der Waals surface area contributed by atoms with Crippen molar-refractivity contribution in [2.24, 2.45) is 0 Å². The zero-order valence-corrected chi connectivity index (χ0v) is 18.6. The average Bonchev–Trinajstić information content (AvgIpc) is 3.50. The summed E-state index contributed by atoms with van der Waals surface area (Å²) in [6.07, 6.45) is 4.27. The Labute approximate surface area is 183 Å². The van der Waals surface area contributed by atoms with Gasteiger partial charge in [-0.3, -0.25) is 9.59 Å². The average molecular weight is 429 g/mol. The maximum absolute atomic E-state index is 13.4. The molecule has 0 spiro atoms. The van der Waals surface area contributed by atoms with Gasteiger partial charge in [0.2, 0.25) is 5.91 Å². The minimum atomic E-state index is -0.213. The van der Waals surface area contributed by atoms with Gasteiger partial charge in [0.25, 0.3) is 5.91 Å². The summed E-state index contributed by atoms with van der Waals surface area (Å²) in [6, 6.07) is 10.7. The summed E-state index contributed by atoms with van der Waals surface area (Å²) < 4.78 is 16.6. The molecule has 0 N–H and O–H groups in total. The molecule has 1 aromatic carbocycles. The molecule has 1 aliphatic heterocycles. The molecule has 2 amide bonds. The van der Waals surface area contributed by atoms with Crippen LogP contribution in [0.3, 0.4) is 0 Å². The highest BCUT2D eigenvalue weighted by Gasteiger charge is 2.29. The Morgan fingerprint density at radius 3 is 2.68 bits per heavy atom. The number of carbonyl (C=O) groups is 2. The summed E-state index contributed by atoms with van der Waals surface area (Å²) >= 11 is 0. The van der Waals surface area contributed by atoms with Gasteiger partial charge < -0.3 is 23.7 Å². The van der Waals surface area contributed by atoms with Crippen LogP contribution in [0, 0.1) is 0 Å². The molecule has 2 heterocycles. The maximum atomic E-state index is 13.4. The van der Waals surface area contributed by atoms with Crippen LogP contribution >= 0.6 is 0 Å². The first-order valence-electron chi connectivity index (χ1n) is 10.9. The van der Waals surface area contributed by atoms with Crippen LogP contribution in [0.5, 0.6) is 5.75 Å². The molecule has 1 saturated heterocycles. The highest BCUT2D eigenvalue weighted by Crippen LogP contribution is 2.22.